The van der Waals surface area contributed by atoms with Gasteiger partial charge in [-0.3, -0.25) is 4.99 Å². The molecule has 0 saturated heterocycles. The van der Waals surface area contributed by atoms with E-state index in [0.717, 1.165) is 34.6 Å². The smallest absolute Gasteiger partial charge is 0.174 e. The molecular weight excluding hydrogens is 302 g/mol. The van der Waals surface area contributed by atoms with Crippen LogP contribution < -0.4 is 5.32 Å². The molecule has 0 amide bonds. The SMILES string of the molecule is S=C(NC1CCCCC1)N1CCN=C1c1cccc(Cl)c1. The first-order valence-electron chi connectivity index (χ1n) is 7.62. The highest BCUT2D eigenvalue weighted by molar-refractivity contribution is 7.80. The van der Waals surface area contributed by atoms with E-state index in [1.807, 2.05) is 24.3 Å². The van der Waals surface area contributed by atoms with Gasteiger partial charge < -0.3 is 10.2 Å². The van der Waals surface area contributed by atoms with Gasteiger partial charge in [-0.2, -0.15) is 0 Å². The minimum absolute atomic E-state index is 0.521. The van der Waals surface area contributed by atoms with Gasteiger partial charge in [0.1, 0.15) is 5.84 Å². The Hall–Kier alpha value is -1.13. The lowest BCUT2D eigenvalue weighted by Gasteiger charge is -2.29. The van der Waals surface area contributed by atoms with Crippen molar-refractivity contribution in [1.29, 1.82) is 0 Å². The van der Waals surface area contributed by atoms with Crippen LogP contribution in [0.4, 0.5) is 0 Å². The summed E-state index contributed by atoms with van der Waals surface area (Å²) in [6.07, 6.45) is 6.39. The lowest BCUT2D eigenvalue weighted by molar-refractivity contribution is 0.406. The zero-order valence-corrected chi connectivity index (χ0v) is 13.6. The monoisotopic (exact) mass is 321 g/mol. The summed E-state index contributed by atoms with van der Waals surface area (Å²) < 4.78 is 0. The molecule has 0 atom stereocenters. The molecule has 0 radical (unpaired) electrons. The van der Waals surface area contributed by atoms with Crippen LogP contribution in [0.2, 0.25) is 5.02 Å². The fourth-order valence-corrected chi connectivity index (χ4v) is 3.55. The molecule has 0 unspecified atom stereocenters. The fraction of sp³-hybridized carbons (Fsp3) is 0.500. The Kier molecular flexibility index (Phi) is 4.76. The van der Waals surface area contributed by atoms with Gasteiger partial charge in [0, 0.05) is 23.2 Å². The maximum atomic E-state index is 6.08. The van der Waals surface area contributed by atoms with Gasteiger partial charge in [-0.1, -0.05) is 43.0 Å². The molecule has 112 valence electrons. The number of thiocarbonyl (C=S) groups is 1. The van der Waals surface area contributed by atoms with Gasteiger partial charge in [0.25, 0.3) is 0 Å². The van der Waals surface area contributed by atoms with Crippen LogP contribution in [0, 0.1) is 0 Å². The van der Waals surface area contributed by atoms with Crippen LogP contribution in [0.1, 0.15) is 37.7 Å². The normalized spacial score (nSPS) is 19.5. The Morgan fingerprint density at radius 1 is 1.29 bits per heavy atom. The molecule has 2 aliphatic rings. The van der Waals surface area contributed by atoms with Gasteiger partial charge >= 0.3 is 0 Å². The molecule has 1 aliphatic heterocycles. The van der Waals surface area contributed by atoms with Gasteiger partial charge in [0.15, 0.2) is 5.11 Å². The summed E-state index contributed by atoms with van der Waals surface area (Å²) >= 11 is 11.7. The van der Waals surface area contributed by atoms with E-state index in [1.165, 1.54) is 32.1 Å². The van der Waals surface area contributed by atoms with E-state index in [0.29, 0.717) is 6.04 Å². The van der Waals surface area contributed by atoms with E-state index in [-0.39, 0.29) is 0 Å². The maximum absolute atomic E-state index is 6.08. The van der Waals surface area contributed by atoms with Gasteiger partial charge in [0.05, 0.1) is 6.54 Å². The predicted octanol–water partition coefficient (Wildman–Crippen LogP) is 3.61. The molecule has 1 N–H and O–H groups in total. The molecule has 3 rings (SSSR count). The highest BCUT2D eigenvalue weighted by atomic mass is 35.5. The number of nitrogens with one attached hydrogen (secondary N) is 1. The van der Waals surface area contributed by atoms with E-state index >= 15 is 0 Å². The summed E-state index contributed by atoms with van der Waals surface area (Å²) in [4.78, 5) is 6.71. The molecule has 0 spiro atoms. The molecule has 1 heterocycles. The first-order chi connectivity index (χ1) is 10.2. The molecular formula is C16H20ClN3S. The topological polar surface area (TPSA) is 27.6 Å². The number of aliphatic imine (C=N–C) groups is 1. The number of benzene rings is 1. The second kappa shape index (κ2) is 6.75. The number of halogens is 1. The van der Waals surface area contributed by atoms with Crippen molar-refractivity contribution in [2.24, 2.45) is 4.99 Å². The number of hydrogen-bond donors (Lipinski definition) is 1. The third-order valence-corrected chi connectivity index (χ3v) is 4.67. The van der Waals surface area contributed by atoms with E-state index in [1.54, 1.807) is 0 Å². The Labute approximate surface area is 136 Å². The van der Waals surface area contributed by atoms with E-state index in [9.17, 15) is 0 Å². The molecule has 1 aromatic rings. The van der Waals surface area contributed by atoms with Crippen molar-refractivity contribution < 1.29 is 0 Å². The third-order valence-electron chi connectivity index (χ3n) is 4.10. The van der Waals surface area contributed by atoms with Crippen LogP contribution in [-0.2, 0) is 0 Å². The van der Waals surface area contributed by atoms with Crippen LogP contribution in [0.3, 0.4) is 0 Å². The Morgan fingerprint density at radius 2 is 2.10 bits per heavy atom. The quantitative estimate of drug-likeness (QED) is 0.843. The molecule has 1 saturated carbocycles. The van der Waals surface area contributed by atoms with Gasteiger partial charge in [0.2, 0.25) is 0 Å². The van der Waals surface area contributed by atoms with Crippen LogP contribution in [0.25, 0.3) is 0 Å². The highest BCUT2D eigenvalue weighted by Crippen LogP contribution is 2.19. The van der Waals surface area contributed by atoms with Gasteiger partial charge in [-0.15, -0.1) is 0 Å². The molecule has 3 nitrogen and oxygen atoms in total. The lowest BCUT2D eigenvalue weighted by Crippen LogP contribution is -2.46. The van der Waals surface area contributed by atoms with Crippen molar-refractivity contribution in [3.05, 3.63) is 34.9 Å². The molecule has 21 heavy (non-hydrogen) atoms. The maximum Gasteiger partial charge on any atom is 0.174 e. The summed E-state index contributed by atoms with van der Waals surface area (Å²) in [6, 6.07) is 8.33. The van der Waals surface area contributed by atoms with E-state index < -0.39 is 0 Å². The van der Waals surface area contributed by atoms with Crippen molar-refractivity contribution in [1.82, 2.24) is 10.2 Å². The molecule has 0 aromatic heterocycles. The second-order valence-corrected chi connectivity index (χ2v) is 6.47. The van der Waals surface area contributed by atoms with Crippen molar-refractivity contribution in [3.63, 3.8) is 0 Å². The minimum atomic E-state index is 0.521. The molecule has 1 aliphatic carbocycles. The van der Waals surface area contributed by atoms with Crippen LogP contribution >= 0.6 is 23.8 Å². The summed E-state index contributed by atoms with van der Waals surface area (Å²) in [5.74, 6) is 0.936. The largest absolute Gasteiger partial charge is 0.360 e. The first-order valence-corrected chi connectivity index (χ1v) is 8.41. The Morgan fingerprint density at radius 3 is 2.86 bits per heavy atom. The standard InChI is InChI=1S/C16H20ClN3S/c17-13-6-4-5-12(11-13)15-18-9-10-20(15)16(21)19-14-7-2-1-3-8-14/h4-6,11,14H,1-3,7-10H2,(H,19,21). The van der Waals surface area contributed by atoms with Gasteiger partial charge in [-0.25, -0.2) is 0 Å². The molecule has 1 fully saturated rings. The average molecular weight is 322 g/mol. The zero-order valence-electron chi connectivity index (χ0n) is 12.0. The Balaban J connectivity index is 1.69. The number of amidine groups is 1. The average Bonchev–Trinajstić information content (AvgIpc) is 2.98. The van der Waals surface area contributed by atoms with Crippen molar-refractivity contribution in [2.75, 3.05) is 13.1 Å². The first kappa shape index (κ1) is 14.8. The summed E-state index contributed by atoms with van der Waals surface area (Å²) in [7, 11) is 0. The molecule has 5 heteroatoms. The van der Waals surface area contributed by atoms with Crippen molar-refractivity contribution in [3.8, 4) is 0 Å². The van der Waals surface area contributed by atoms with Crippen molar-refractivity contribution in [2.45, 2.75) is 38.1 Å². The van der Waals surface area contributed by atoms with Gasteiger partial charge in [-0.05, 0) is 37.2 Å². The lowest BCUT2D eigenvalue weighted by atomic mass is 9.96. The van der Waals surface area contributed by atoms with Crippen molar-refractivity contribution >= 4 is 34.8 Å². The number of hydrogen-bond acceptors (Lipinski definition) is 2. The number of rotatable bonds is 2. The van der Waals surface area contributed by atoms with Crippen LogP contribution in [0.5, 0.6) is 0 Å². The van der Waals surface area contributed by atoms with Crippen LogP contribution in [0.15, 0.2) is 29.3 Å². The predicted molar refractivity (Wildman–Crippen MR) is 92.2 cm³/mol. The van der Waals surface area contributed by atoms with Crippen LogP contribution in [-0.4, -0.2) is 35.0 Å². The zero-order chi connectivity index (χ0) is 14.7. The fourth-order valence-electron chi connectivity index (χ4n) is 3.02. The highest BCUT2D eigenvalue weighted by Gasteiger charge is 2.24. The minimum Gasteiger partial charge on any atom is -0.360 e. The number of nitrogens with zero attached hydrogens (tertiary/aromatic N) is 2. The Bertz CT molecular complexity index is 552. The summed E-state index contributed by atoms with van der Waals surface area (Å²) in [6.45, 7) is 1.63. The second-order valence-electron chi connectivity index (χ2n) is 5.65. The third kappa shape index (κ3) is 3.55. The molecule has 1 aromatic carbocycles. The summed E-state index contributed by atoms with van der Waals surface area (Å²) in [5.41, 5.74) is 1.03. The van der Waals surface area contributed by atoms with E-state index in [4.69, 9.17) is 23.8 Å². The van der Waals surface area contributed by atoms with E-state index in [2.05, 4.69) is 15.2 Å². The molecule has 0 bridgehead atoms. The summed E-state index contributed by atoms with van der Waals surface area (Å²) in [5, 5.41) is 5.05.